The van der Waals surface area contributed by atoms with E-state index in [1.54, 1.807) is 0 Å². The van der Waals surface area contributed by atoms with Gasteiger partial charge in [-0.2, -0.15) is 0 Å². The largest absolute Gasteiger partial charge is 0.547 e. The first-order valence-corrected chi connectivity index (χ1v) is 12.2. The number of rotatable bonds is 4. The van der Waals surface area contributed by atoms with E-state index in [4.69, 9.17) is 4.43 Å². The molecule has 0 heterocycles. The molecule has 0 aromatic rings. The Kier molecular flexibility index (Phi) is 5.36. The van der Waals surface area contributed by atoms with Crippen LogP contribution in [0, 0.1) is 17.8 Å². The number of ketones is 1. The summed E-state index contributed by atoms with van der Waals surface area (Å²) in [5.74, 6) is 2.70. The van der Waals surface area contributed by atoms with E-state index < -0.39 is 8.32 Å². The molecule has 0 aliphatic heterocycles. The number of Topliss-reactive ketones (excluding diaryl/α,β-unsaturated/α-hetero) is 1. The number of carbonyl (C=O) groups is 1. The molecule has 0 radical (unpaired) electrons. The van der Waals surface area contributed by atoms with E-state index >= 15 is 0 Å². The topological polar surface area (TPSA) is 26.3 Å². The van der Waals surface area contributed by atoms with Crippen LogP contribution >= 0.6 is 0 Å². The van der Waals surface area contributed by atoms with E-state index in [1.807, 2.05) is 0 Å². The molecule has 2 rings (SSSR count). The van der Waals surface area contributed by atoms with Gasteiger partial charge in [-0.1, -0.05) is 18.6 Å². The zero-order valence-corrected chi connectivity index (χ0v) is 16.0. The predicted octanol–water partition coefficient (Wildman–Crippen LogP) is 5.47. The third-order valence-electron chi connectivity index (χ3n) is 5.18. The fraction of sp³-hybridized carbons (Fsp3) is 0.737. The lowest BCUT2D eigenvalue weighted by Gasteiger charge is -2.39. The molecule has 2 aliphatic carbocycles. The SMILES string of the molecule is C=C(C)[C@H]1CC(O[Si](C)(C)C)=C(C)[C@H]([C@H]2CCCCC2=O)C1. The highest BCUT2D eigenvalue weighted by atomic mass is 28.4. The van der Waals surface area contributed by atoms with Crippen LogP contribution in [0.3, 0.4) is 0 Å². The summed E-state index contributed by atoms with van der Waals surface area (Å²) in [7, 11) is -1.62. The first-order valence-electron chi connectivity index (χ1n) is 8.76. The smallest absolute Gasteiger partial charge is 0.241 e. The minimum Gasteiger partial charge on any atom is -0.547 e. The van der Waals surface area contributed by atoms with Crippen LogP contribution in [0.4, 0.5) is 0 Å². The highest BCUT2D eigenvalue weighted by Crippen LogP contribution is 2.44. The fourth-order valence-electron chi connectivity index (χ4n) is 3.93. The van der Waals surface area contributed by atoms with Crippen LogP contribution in [0.15, 0.2) is 23.5 Å². The molecule has 0 unspecified atom stereocenters. The second kappa shape index (κ2) is 6.73. The minimum absolute atomic E-state index is 0.219. The van der Waals surface area contributed by atoms with E-state index in [-0.39, 0.29) is 5.92 Å². The number of hydrogen-bond donors (Lipinski definition) is 0. The Hall–Kier alpha value is -0.833. The Balaban J connectivity index is 2.30. The first-order chi connectivity index (χ1) is 10.2. The van der Waals surface area contributed by atoms with Gasteiger partial charge < -0.3 is 4.43 Å². The molecule has 3 atom stereocenters. The highest BCUT2D eigenvalue weighted by Gasteiger charge is 2.38. The summed E-state index contributed by atoms with van der Waals surface area (Å²) in [4.78, 5) is 12.4. The van der Waals surface area contributed by atoms with Crippen molar-refractivity contribution in [3.05, 3.63) is 23.5 Å². The monoisotopic (exact) mass is 320 g/mol. The van der Waals surface area contributed by atoms with Gasteiger partial charge in [0.05, 0.1) is 5.76 Å². The Labute approximate surface area is 137 Å². The molecule has 0 bridgehead atoms. The van der Waals surface area contributed by atoms with Crippen molar-refractivity contribution in [2.24, 2.45) is 17.8 Å². The van der Waals surface area contributed by atoms with Crippen molar-refractivity contribution in [3.63, 3.8) is 0 Å². The summed E-state index contributed by atoms with van der Waals surface area (Å²) < 4.78 is 6.39. The maximum Gasteiger partial charge on any atom is 0.241 e. The maximum absolute atomic E-state index is 12.4. The van der Waals surface area contributed by atoms with E-state index in [0.717, 1.165) is 32.1 Å². The molecule has 0 N–H and O–H groups in total. The van der Waals surface area contributed by atoms with Crippen LogP contribution in [0.2, 0.25) is 19.6 Å². The molecular weight excluding hydrogens is 288 g/mol. The van der Waals surface area contributed by atoms with Crippen molar-refractivity contribution in [1.82, 2.24) is 0 Å². The molecule has 0 saturated heterocycles. The predicted molar refractivity (Wildman–Crippen MR) is 95.1 cm³/mol. The Morgan fingerprint density at radius 3 is 2.45 bits per heavy atom. The summed E-state index contributed by atoms with van der Waals surface area (Å²) in [6.45, 7) is 15.2. The van der Waals surface area contributed by atoms with Crippen LogP contribution < -0.4 is 0 Å². The van der Waals surface area contributed by atoms with Gasteiger partial charge in [-0.25, -0.2) is 0 Å². The van der Waals surface area contributed by atoms with Crippen LogP contribution in [0.5, 0.6) is 0 Å². The zero-order chi connectivity index (χ0) is 16.5. The highest BCUT2D eigenvalue weighted by molar-refractivity contribution is 6.70. The third kappa shape index (κ3) is 4.12. The lowest BCUT2D eigenvalue weighted by Crippen LogP contribution is -2.35. The molecule has 2 nitrogen and oxygen atoms in total. The molecule has 3 heteroatoms. The molecule has 1 saturated carbocycles. The molecule has 0 aromatic carbocycles. The van der Waals surface area contributed by atoms with Gasteiger partial charge >= 0.3 is 0 Å². The molecule has 1 fully saturated rings. The van der Waals surface area contributed by atoms with Crippen LogP contribution in [0.1, 0.15) is 52.4 Å². The van der Waals surface area contributed by atoms with E-state index in [1.165, 1.54) is 23.3 Å². The van der Waals surface area contributed by atoms with Gasteiger partial charge in [0.1, 0.15) is 5.78 Å². The fourth-order valence-corrected chi connectivity index (χ4v) is 4.91. The Morgan fingerprint density at radius 2 is 1.91 bits per heavy atom. The molecule has 124 valence electrons. The average Bonchev–Trinajstić information content (AvgIpc) is 2.40. The van der Waals surface area contributed by atoms with Crippen molar-refractivity contribution in [3.8, 4) is 0 Å². The van der Waals surface area contributed by atoms with Gasteiger partial charge in [0.15, 0.2) is 0 Å². The average molecular weight is 321 g/mol. The summed E-state index contributed by atoms with van der Waals surface area (Å²) in [6, 6.07) is 0. The van der Waals surface area contributed by atoms with Crippen molar-refractivity contribution in [2.45, 2.75) is 72.0 Å². The number of carbonyl (C=O) groups excluding carboxylic acids is 1. The Morgan fingerprint density at radius 1 is 1.23 bits per heavy atom. The molecule has 0 spiro atoms. The van der Waals surface area contributed by atoms with Crippen LogP contribution in [-0.4, -0.2) is 14.1 Å². The first kappa shape index (κ1) is 17.5. The lowest BCUT2D eigenvalue weighted by atomic mass is 9.68. The summed E-state index contributed by atoms with van der Waals surface area (Å²) in [6.07, 6.45) is 6.16. The molecule has 22 heavy (non-hydrogen) atoms. The summed E-state index contributed by atoms with van der Waals surface area (Å²) >= 11 is 0. The second-order valence-corrected chi connectivity index (χ2v) is 12.7. The minimum atomic E-state index is -1.62. The Bertz CT molecular complexity index is 484. The van der Waals surface area contributed by atoms with Gasteiger partial charge in [-0.15, -0.1) is 0 Å². The van der Waals surface area contributed by atoms with Gasteiger partial charge in [0, 0.05) is 18.8 Å². The van der Waals surface area contributed by atoms with Crippen molar-refractivity contribution in [2.75, 3.05) is 0 Å². The normalized spacial score (nSPS) is 30.4. The van der Waals surface area contributed by atoms with Gasteiger partial charge in [-0.05, 0) is 70.2 Å². The van der Waals surface area contributed by atoms with Crippen molar-refractivity contribution >= 4 is 14.1 Å². The quantitative estimate of drug-likeness (QED) is 0.507. The number of allylic oxidation sites excluding steroid dienone is 3. The van der Waals surface area contributed by atoms with Crippen molar-refractivity contribution in [1.29, 1.82) is 0 Å². The van der Waals surface area contributed by atoms with E-state index in [9.17, 15) is 4.79 Å². The molecule has 2 aliphatic rings. The zero-order valence-electron chi connectivity index (χ0n) is 15.0. The van der Waals surface area contributed by atoms with Crippen LogP contribution in [0.25, 0.3) is 0 Å². The molecular formula is C19H32O2Si. The van der Waals surface area contributed by atoms with E-state index in [0.29, 0.717) is 17.6 Å². The summed E-state index contributed by atoms with van der Waals surface area (Å²) in [5, 5.41) is 0. The lowest BCUT2D eigenvalue weighted by molar-refractivity contribution is -0.126. The van der Waals surface area contributed by atoms with Crippen molar-refractivity contribution < 1.29 is 9.22 Å². The van der Waals surface area contributed by atoms with Gasteiger partial charge in [-0.3, -0.25) is 4.79 Å². The summed E-state index contributed by atoms with van der Waals surface area (Å²) in [5.41, 5.74) is 2.58. The van der Waals surface area contributed by atoms with E-state index in [2.05, 4.69) is 40.1 Å². The van der Waals surface area contributed by atoms with Crippen LogP contribution in [-0.2, 0) is 9.22 Å². The van der Waals surface area contributed by atoms with Gasteiger partial charge in [0.25, 0.3) is 0 Å². The third-order valence-corrected chi connectivity index (χ3v) is 6.04. The number of hydrogen-bond acceptors (Lipinski definition) is 2. The molecule has 0 amide bonds. The standard InChI is InChI=1S/C19H32O2Si/c1-13(2)15-11-17(16-9-7-8-10-18(16)20)14(3)19(12-15)21-22(4,5)6/h15-17H,1,7-12H2,2-6H3/t15-,16-,17-/m1/s1. The molecule has 0 aromatic heterocycles. The maximum atomic E-state index is 12.4. The van der Waals surface area contributed by atoms with Gasteiger partial charge in [0.2, 0.25) is 8.32 Å². The second-order valence-electron chi connectivity index (χ2n) is 8.23.